The van der Waals surface area contributed by atoms with Gasteiger partial charge in [0.1, 0.15) is 0 Å². The Morgan fingerprint density at radius 1 is 1.12 bits per heavy atom. The summed E-state index contributed by atoms with van der Waals surface area (Å²) < 4.78 is 25.8. The van der Waals surface area contributed by atoms with E-state index in [1.54, 1.807) is 0 Å². The van der Waals surface area contributed by atoms with Gasteiger partial charge in [-0.1, -0.05) is 30.3 Å². The van der Waals surface area contributed by atoms with E-state index >= 15 is 0 Å². The van der Waals surface area contributed by atoms with Gasteiger partial charge >= 0.3 is 0 Å². The van der Waals surface area contributed by atoms with Gasteiger partial charge in [-0.05, 0) is 18.4 Å². The summed E-state index contributed by atoms with van der Waals surface area (Å²) >= 11 is 0. The molecule has 0 spiro atoms. The minimum absolute atomic E-state index is 0.0272. The van der Waals surface area contributed by atoms with E-state index in [2.05, 4.69) is 5.32 Å². The van der Waals surface area contributed by atoms with Gasteiger partial charge in [-0.25, -0.2) is 8.78 Å². The monoisotopic (exact) mass is 225 g/mol. The average Bonchev–Trinajstić information content (AvgIpc) is 2.29. The second-order valence-electron chi connectivity index (χ2n) is 4.50. The van der Waals surface area contributed by atoms with E-state index in [9.17, 15) is 8.78 Å². The molecule has 1 aliphatic rings. The van der Waals surface area contributed by atoms with Crippen LogP contribution in [0.15, 0.2) is 30.3 Å². The van der Waals surface area contributed by atoms with Gasteiger partial charge in [0.05, 0.1) is 0 Å². The molecule has 0 saturated heterocycles. The number of hydrogen-bond acceptors (Lipinski definition) is 1. The van der Waals surface area contributed by atoms with E-state index in [0.29, 0.717) is 12.8 Å². The Kier molecular flexibility index (Phi) is 3.54. The van der Waals surface area contributed by atoms with Crippen molar-refractivity contribution in [1.29, 1.82) is 0 Å². The molecule has 1 N–H and O–H groups in total. The van der Waals surface area contributed by atoms with Gasteiger partial charge in [0.2, 0.25) is 5.92 Å². The molecule has 16 heavy (non-hydrogen) atoms. The molecule has 88 valence electrons. The zero-order valence-electron chi connectivity index (χ0n) is 9.26. The van der Waals surface area contributed by atoms with Crippen LogP contribution in [0.25, 0.3) is 0 Å². The van der Waals surface area contributed by atoms with Crippen LogP contribution in [0, 0.1) is 0 Å². The molecule has 0 bridgehead atoms. The van der Waals surface area contributed by atoms with Crippen molar-refractivity contribution in [3.63, 3.8) is 0 Å². The van der Waals surface area contributed by atoms with Crippen LogP contribution in [-0.2, 0) is 6.54 Å². The molecule has 1 aliphatic carbocycles. The number of alkyl halides is 2. The predicted molar refractivity (Wildman–Crippen MR) is 60.5 cm³/mol. The Bertz CT molecular complexity index is 314. The highest BCUT2D eigenvalue weighted by Gasteiger charge is 2.34. The fourth-order valence-electron chi connectivity index (χ4n) is 2.10. The van der Waals surface area contributed by atoms with Crippen molar-refractivity contribution in [3.05, 3.63) is 35.9 Å². The van der Waals surface area contributed by atoms with Gasteiger partial charge in [0.25, 0.3) is 0 Å². The van der Waals surface area contributed by atoms with Crippen molar-refractivity contribution in [1.82, 2.24) is 5.32 Å². The van der Waals surface area contributed by atoms with E-state index in [1.807, 2.05) is 30.3 Å². The summed E-state index contributed by atoms with van der Waals surface area (Å²) in [5.41, 5.74) is 1.21. The first-order valence-corrected chi connectivity index (χ1v) is 5.81. The van der Waals surface area contributed by atoms with Crippen LogP contribution < -0.4 is 5.32 Å². The molecule has 0 amide bonds. The number of nitrogens with one attached hydrogen (secondary N) is 1. The third-order valence-corrected chi connectivity index (χ3v) is 3.15. The first-order valence-electron chi connectivity index (χ1n) is 5.81. The molecule has 0 unspecified atom stereocenters. The predicted octanol–water partition coefficient (Wildman–Crippen LogP) is 3.35. The largest absolute Gasteiger partial charge is 0.310 e. The number of hydrogen-bond donors (Lipinski definition) is 1. The highest BCUT2D eigenvalue weighted by atomic mass is 19.3. The van der Waals surface area contributed by atoms with Crippen LogP contribution in [0.5, 0.6) is 0 Å². The molecule has 0 aromatic heterocycles. The quantitative estimate of drug-likeness (QED) is 0.831. The first-order chi connectivity index (χ1) is 7.66. The Balaban J connectivity index is 1.76. The van der Waals surface area contributed by atoms with Crippen molar-refractivity contribution in [2.24, 2.45) is 0 Å². The van der Waals surface area contributed by atoms with Crippen molar-refractivity contribution < 1.29 is 8.78 Å². The highest BCUT2D eigenvalue weighted by Crippen LogP contribution is 2.32. The van der Waals surface area contributed by atoms with E-state index in [4.69, 9.17) is 0 Å². The fourth-order valence-corrected chi connectivity index (χ4v) is 2.10. The second-order valence-corrected chi connectivity index (χ2v) is 4.50. The molecule has 3 heteroatoms. The van der Waals surface area contributed by atoms with Crippen LogP contribution in [0.4, 0.5) is 8.78 Å². The summed E-state index contributed by atoms with van der Waals surface area (Å²) in [5.74, 6) is -2.43. The lowest BCUT2D eigenvalue weighted by Gasteiger charge is -2.28. The van der Waals surface area contributed by atoms with Crippen LogP contribution in [0.3, 0.4) is 0 Å². The zero-order valence-corrected chi connectivity index (χ0v) is 9.26. The lowest BCUT2D eigenvalue weighted by atomic mass is 9.92. The standard InChI is InChI=1S/C13H17F2N/c14-13(15)8-6-12(7-9-13)16-10-11-4-2-1-3-5-11/h1-5,12,16H,6-10H2. The molecule has 0 heterocycles. The van der Waals surface area contributed by atoms with Gasteiger partial charge in [0.15, 0.2) is 0 Å². The summed E-state index contributed by atoms with van der Waals surface area (Å²) in [5, 5.41) is 3.34. The molecule has 1 fully saturated rings. The second kappa shape index (κ2) is 4.91. The third-order valence-electron chi connectivity index (χ3n) is 3.15. The maximum Gasteiger partial charge on any atom is 0.248 e. The molecular formula is C13H17F2N. The molecular weight excluding hydrogens is 208 g/mol. The molecule has 1 aromatic carbocycles. The lowest BCUT2D eigenvalue weighted by Crippen LogP contribution is -2.36. The minimum atomic E-state index is -2.43. The Labute approximate surface area is 94.9 Å². The normalized spacial score (nSPS) is 20.9. The van der Waals surface area contributed by atoms with E-state index < -0.39 is 5.92 Å². The molecule has 0 radical (unpaired) electrons. The third kappa shape index (κ3) is 3.27. The van der Waals surface area contributed by atoms with Crippen LogP contribution in [0.1, 0.15) is 31.2 Å². The molecule has 0 aliphatic heterocycles. The summed E-state index contributed by atoms with van der Waals surface area (Å²) in [7, 11) is 0. The van der Waals surface area contributed by atoms with Crippen molar-refractivity contribution in [3.8, 4) is 0 Å². The number of benzene rings is 1. The average molecular weight is 225 g/mol. The van der Waals surface area contributed by atoms with E-state index in [1.165, 1.54) is 5.56 Å². The van der Waals surface area contributed by atoms with Crippen LogP contribution in [-0.4, -0.2) is 12.0 Å². The number of rotatable bonds is 3. The lowest BCUT2D eigenvalue weighted by molar-refractivity contribution is -0.0405. The van der Waals surface area contributed by atoms with Gasteiger partial charge in [-0.15, -0.1) is 0 Å². The molecule has 1 nitrogen and oxygen atoms in total. The van der Waals surface area contributed by atoms with Crippen molar-refractivity contribution in [2.45, 2.75) is 44.2 Å². The fraction of sp³-hybridized carbons (Fsp3) is 0.538. The van der Waals surface area contributed by atoms with E-state index in [-0.39, 0.29) is 18.9 Å². The van der Waals surface area contributed by atoms with Crippen LogP contribution in [0.2, 0.25) is 0 Å². The van der Waals surface area contributed by atoms with Gasteiger partial charge in [-0.2, -0.15) is 0 Å². The summed E-state index contributed by atoms with van der Waals surface area (Å²) in [6.07, 6.45) is 1.22. The molecule has 1 saturated carbocycles. The number of halogens is 2. The molecule has 2 rings (SSSR count). The maximum absolute atomic E-state index is 12.9. The Morgan fingerprint density at radius 3 is 2.38 bits per heavy atom. The zero-order chi connectivity index (χ0) is 11.4. The maximum atomic E-state index is 12.9. The highest BCUT2D eigenvalue weighted by molar-refractivity contribution is 5.14. The van der Waals surface area contributed by atoms with Crippen molar-refractivity contribution in [2.75, 3.05) is 0 Å². The van der Waals surface area contributed by atoms with Crippen LogP contribution >= 0.6 is 0 Å². The van der Waals surface area contributed by atoms with Gasteiger partial charge in [-0.3, -0.25) is 0 Å². The molecule has 1 aromatic rings. The SMILES string of the molecule is FC1(F)CCC(NCc2ccccc2)CC1. The van der Waals surface area contributed by atoms with E-state index in [0.717, 1.165) is 6.54 Å². The Hall–Kier alpha value is -0.960. The summed E-state index contributed by atoms with van der Waals surface area (Å²) in [6, 6.07) is 10.3. The summed E-state index contributed by atoms with van der Waals surface area (Å²) in [6.45, 7) is 0.775. The van der Waals surface area contributed by atoms with Gasteiger partial charge in [0, 0.05) is 25.4 Å². The van der Waals surface area contributed by atoms with Crippen molar-refractivity contribution >= 4 is 0 Å². The Morgan fingerprint density at radius 2 is 1.75 bits per heavy atom. The smallest absolute Gasteiger partial charge is 0.248 e. The van der Waals surface area contributed by atoms with Gasteiger partial charge < -0.3 is 5.32 Å². The molecule has 0 atom stereocenters. The topological polar surface area (TPSA) is 12.0 Å². The summed E-state index contributed by atoms with van der Waals surface area (Å²) in [4.78, 5) is 0. The minimum Gasteiger partial charge on any atom is -0.310 e. The first kappa shape index (κ1) is 11.5.